The number of nitrogens with one attached hydrogen (secondary N) is 1. The van der Waals surface area contributed by atoms with Crippen molar-refractivity contribution >= 4 is 18.3 Å². The van der Waals surface area contributed by atoms with Crippen LogP contribution in [0.15, 0.2) is 30.5 Å². The third-order valence-corrected chi connectivity index (χ3v) is 5.76. The predicted octanol–water partition coefficient (Wildman–Crippen LogP) is 3.52. The molecule has 0 spiro atoms. The molecule has 146 valence electrons. The van der Waals surface area contributed by atoms with E-state index in [0.717, 1.165) is 60.9 Å². The van der Waals surface area contributed by atoms with E-state index < -0.39 is 0 Å². The zero-order valence-corrected chi connectivity index (χ0v) is 17.0. The van der Waals surface area contributed by atoms with E-state index in [9.17, 15) is 4.79 Å². The number of aryl methyl sites for hydroxylation is 1. The first kappa shape index (κ1) is 19.9. The number of aromatic nitrogens is 2. The molecule has 2 heterocycles. The summed E-state index contributed by atoms with van der Waals surface area (Å²) in [4.78, 5) is 15.0. The first-order valence-electron chi connectivity index (χ1n) is 9.77. The van der Waals surface area contributed by atoms with Gasteiger partial charge in [-0.1, -0.05) is 18.2 Å². The Balaban J connectivity index is 0.00000210. The van der Waals surface area contributed by atoms with E-state index in [0.29, 0.717) is 6.04 Å². The van der Waals surface area contributed by atoms with Crippen LogP contribution in [0.2, 0.25) is 0 Å². The summed E-state index contributed by atoms with van der Waals surface area (Å²) in [7, 11) is 0. The molecule has 4 rings (SSSR count). The van der Waals surface area contributed by atoms with E-state index >= 15 is 0 Å². The molecular formula is C21H29ClN4O. The summed E-state index contributed by atoms with van der Waals surface area (Å²) in [6.45, 7) is 6.86. The molecule has 0 bridgehead atoms. The lowest BCUT2D eigenvalue weighted by Crippen LogP contribution is -2.45. The minimum Gasteiger partial charge on any atom is -0.338 e. The molecule has 0 unspecified atom stereocenters. The summed E-state index contributed by atoms with van der Waals surface area (Å²) < 4.78 is 1.88. The average molecular weight is 389 g/mol. The monoisotopic (exact) mass is 388 g/mol. The van der Waals surface area contributed by atoms with Crippen molar-refractivity contribution in [3.8, 4) is 5.69 Å². The van der Waals surface area contributed by atoms with Crippen molar-refractivity contribution in [2.24, 2.45) is 5.92 Å². The van der Waals surface area contributed by atoms with Crippen molar-refractivity contribution in [3.05, 3.63) is 47.3 Å². The lowest BCUT2D eigenvalue weighted by molar-refractivity contribution is 0.0704. The van der Waals surface area contributed by atoms with E-state index in [1.165, 1.54) is 12.8 Å². The smallest absolute Gasteiger partial charge is 0.257 e. The molecule has 1 aliphatic carbocycles. The van der Waals surface area contributed by atoms with Crippen LogP contribution in [0.1, 0.15) is 47.3 Å². The highest BCUT2D eigenvalue weighted by molar-refractivity contribution is 5.95. The summed E-state index contributed by atoms with van der Waals surface area (Å²) >= 11 is 0. The fraction of sp³-hybridized carbons (Fsp3) is 0.524. The van der Waals surface area contributed by atoms with Crippen LogP contribution in [-0.2, 0) is 0 Å². The van der Waals surface area contributed by atoms with Gasteiger partial charge in [-0.15, -0.1) is 12.4 Å². The van der Waals surface area contributed by atoms with Crippen LogP contribution in [0.4, 0.5) is 0 Å². The van der Waals surface area contributed by atoms with Gasteiger partial charge in [0.15, 0.2) is 0 Å². The average Bonchev–Trinajstić information content (AvgIpc) is 3.42. The normalized spacial score (nSPS) is 17.6. The molecule has 2 aliphatic rings. The number of rotatable bonds is 5. The maximum Gasteiger partial charge on any atom is 0.257 e. The summed E-state index contributed by atoms with van der Waals surface area (Å²) in [6.07, 6.45) is 6.58. The van der Waals surface area contributed by atoms with Gasteiger partial charge in [0.25, 0.3) is 5.91 Å². The Morgan fingerprint density at radius 2 is 1.85 bits per heavy atom. The molecule has 1 saturated heterocycles. The summed E-state index contributed by atoms with van der Waals surface area (Å²) in [5, 5.41) is 8.16. The number of halogens is 1. The molecule has 6 heteroatoms. The van der Waals surface area contributed by atoms with Crippen LogP contribution >= 0.6 is 12.4 Å². The second-order valence-electron chi connectivity index (χ2n) is 7.76. The van der Waals surface area contributed by atoms with Gasteiger partial charge in [-0.3, -0.25) is 4.79 Å². The second-order valence-corrected chi connectivity index (χ2v) is 7.76. The number of likely N-dealkylation sites (tertiary alicyclic amines) is 1. The predicted molar refractivity (Wildman–Crippen MR) is 110 cm³/mol. The van der Waals surface area contributed by atoms with E-state index in [-0.39, 0.29) is 18.3 Å². The van der Waals surface area contributed by atoms with Gasteiger partial charge in [0, 0.05) is 19.1 Å². The zero-order chi connectivity index (χ0) is 18.1. The zero-order valence-electron chi connectivity index (χ0n) is 16.1. The first-order valence-corrected chi connectivity index (χ1v) is 9.77. The van der Waals surface area contributed by atoms with Gasteiger partial charge in [-0.25, -0.2) is 4.68 Å². The van der Waals surface area contributed by atoms with Gasteiger partial charge in [-0.2, -0.15) is 5.10 Å². The van der Waals surface area contributed by atoms with E-state index in [1.807, 2.05) is 34.7 Å². The summed E-state index contributed by atoms with van der Waals surface area (Å²) in [5.41, 5.74) is 3.82. The number of para-hydroxylation sites is 1. The number of hydrogen-bond acceptors (Lipinski definition) is 3. The quantitative estimate of drug-likeness (QED) is 0.852. The van der Waals surface area contributed by atoms with Gasteiger partial charge in [0.2, 0.25) is 0 Å². The third-order valence-electron chi connectivity index (χ3n) is 5.76. The Kier molecular flexibility index (Phi) is 6.22. The van der Waals surface area contributed by atoms with Crippen molar-refractivity contribution in [2.75, 3.05) is 19.6 Å². The second kappa shape index (κ2) is 8.44. The maximum absolute atomic E-state index is 13.0. The molecule has 1 aromatic heterocycles. The van der Waals surface area contributed by atoms with E-state index in [2.05, 4.69) is 23.4 Å². The van der Waals surface area contributed by atoms with Gasteiger partial charge in [0.1, 0.15) is 0 Å². The highest BCUT2D eigenvalue weighted by Crippen LogP contribution is 2.28. The fourth-order valence-corrected chi connectivity index (χ4v) is 3.78. The molecule has 1 aliphatic heterocycles. The van der Waals surface area contributed by atoms with Crippen LogP contribution in [0.25, 0.3) is 5.69 Å². The number of benzene rings is 1. The van der Waals surface area contributed by atoms with E-state index in [4.69, 9.17) is 0 Å². The molecular weight excluding hydrogens is 360 g/mol. The molecule has 1 saturated carbocycles. The topological polar surface area (TPSA) is 50.2 Å². The number of carbonyl (C=O) groups excluding carboxylic acids is 1. The highest BCUT2D eigenvalue weighted by Gasteiger charge is 2.28. The SMILES string of the molecule is Cc1ccccc1-n1ncc(C(=O)N2CCC(NCC3CC3)CC2)c1C.Cl. The van der Waals surface area contributed by atoms with Crippen molar-refractivity contribution in [1.82, 2.24) is 20.0 Å². The summed E-state index contributed by atoms with van der Waals surface area (Å²) in [6, 6.07) is 8.70. The molecule has 27 heavy (non-hydrogen) atoms. The molecule has 0 radical (unpaired) electrons. The molecule has 1 aromatic carbocycles. The number of piperidine rings is 1. The van der Waals surface area contributed by atoms with E-state index in [1.54, 1.807) is 6.20 Å². The maximum atomic E-state index is 13.0. The molecule has 1 amide bonds. The van der Waals surface area contributed by atoms with Crippen LogP contribution in [0.5, 0.6) is 0 Å². The van der Waals surface area contributed by atoms with Crippen LogP contribution < -0.4 is 5.32 Å². The number of carbonyl (C=O) groups is 1. The fourth-order valence-electron chi connectivity index (χ4n) is 3.78. The minimum absolute atomic E-state index is 0. The Labute approximate surface area is 167 Å². The van der Waals surface area contributed by atoms with Crippen molar-refractivity contribution < 1.29 is 4.79 Å². The van der Waals surface area contributed by atoms with Gasteiger partial charge in [0.05, 0.1) is 23.1 Å². The summed E-state index contributed by atoms with van der Waals surface area (Å²) in [5.74, 6) is 1.02. The van der Waals surface area contributed by atoms with Crippen LogP contribution in [0, 0.1) is 19.8 Å². The molecule has 0 atom stereocenters. The Bertz CT molecular complexity index is 791. The van der Waals surface area contributed by atoms with Crippen LogP contribution in [0.3, 0.4) is 0 Å². The Hall–Kier alpha value is -1.85. The largest absolute Gasteiger partial charge is 0.338 e. The number of nitrogens with zero attached hydrogens (tertiary/aromatic N) is 3. The number of hydrogen-bond donors (Lipinski definition) is 1. The van der Waals surface area contributed by atoms with Gasteiger partial charge >= 0.3 is 0 Å². The molecule has 2 fully saturated rings. The first-order chi connectivity index (χ1) is 12.6. The third kappa shape index (κ3) is 4.36. The highest BCUT2D eigenvalue weighted by atomic mass is 35.5. The Morgan fingerprint density at radius 3 is 2.52 bits per heavy atom. The van der Waals surface area contributed by atoms with Crippen molar-refractivity contribution in [2.45, 2.75) is 45.6 Å². The van der Waals surface area contributed by atoms with Crippen LogP contribution in [-0.4, -0.2) is 46.3 Å². The Morgan fingerprint density at radius 1 is 1.15 bits per heavy atom. The standard InChI is InChI=1S/C21H28N4O.ClH/c1-15-5-3-4-6-20(15)25-16(2)19(14-23-25)21(26)24-11-9-18(10-12-24)22-13-17-7-8-17;/h3-6,14,17-18,22H,7-13H2,1-2H3;1H. The molecule has 1 N–H and O–H groups in total. The lowest BCUT2D eigenvalue weighted by atomic mass is 10.0. The van der Waals surface area contributed by atoms with Crippen molar-refractivity contribution in [3.63, 3.8) is 0 Å². The van der Waals surface area contributed by atoms with Gasteiger partial charge in [-0.05, 0) is 63.6 Å². The van der Waals surface area contributed by atoms with Crippen molar-refractivity contribution in [1.29, 1.82) is 0 Å². The molecule has 5 nitrogen and oxygen atoms in total. The molecule has 2 aromatic rings. The number of amides is 1. The lowest BCUT2D eigenvalue weighted by Gasteiger charge is -2.32. The van der Waals surface area contributed by atoms with Gasteiger partial charge < -0.3 is 10.2 Å². The minimum atomic E-state index is 0.